The van der Waals surface area contributed by atoms with Crippen LogP contribution in [0.1, 0.15) is 39.0 Å². The lowest BCUT2D eigenvalue weighted by Crippen LogP contribution is -2.37. The van der Waals surface area contributed by atoms with Crippen LogP contribution in [0.15, 0.2) is 12.4 Å². The molecule has 2 rings (SSSR count). The monoisotopic (exact) mass is 222 g/mol. The summed E-state index contributed by atoms with van der Waals surface area (Å²) < 4.78 is 1.89. The highest BCUT2D eigenvalue weighted by molar-refractivity contribution is 4.77. The van der Waals surface area contributed by atoms with Crippen molar-refractivity contribution in [2.45, 2.75) is 51.6 Å². The number of aryl methyl sites for hydroxylation is 1. The van der Waals surface area contributed by atoms with Gasteiger partial charge in [0.1, 0.15) is 0 Å². The van der Waals surface area contributed by atoms with Crippen molar-refractivity contribution in [1.82, 2.24) is 20.3 Å². The van der Waals surface area contributed by atoms with Crippen LogP contribution in [0.5, 0.6) is 0 Å². The highest BCUT2D eigenvalue weighted by Crippen LogP contribution is 2.23. The summed E-state index contributed by atoms with van der Waals surface area (Å²) in [6.07, 6.45) is 10.3. The van der Waals surface area contributed by atoms with Crippen molar-refractivity contribution in [3.63, 3.8) is 0 Å². The molecule has 4 heteroatoms. The van der Waals surface area contributed by atoms with Gasteiger partial charge in [-0.1, -0.05) is 25.0 Å². The molecule has 1 aromatic rings. The maximum atomic E-state index is 3.95. The number of aromatic nitrogens is 3. The predicted molar refractivity (Wildman–Crippen MR) is 64.1 cm³/mol. The number of nitrogens with one attached hydrogen (secondary N) is 1. The van der Waals surface area contributed by atoms with Crippen LogP contribution in [0.4, 0.5) is 0 Å². The molecule has 0 radical (unpaired) electrons. The van der Waals surface area contributed by atoms with E-state index in [2.05, 4.69) is 22.6 Å². The quantitative estimate of drug-likeness (QED) is 0.773. The van der Waals surface area contributed by atoms with Gasteiger partial charge in [-0.15, -0.1) is 5.10 Å². The summed E-state index contributed by atoms with van der Waals surface area (Å²) in [5.41, 5.74) is 0. The maximum absolute atomic E-state index is 3.95. The summed E-state index contributed by atoms with van der Waals surface area (Å²) in [5.74, 6) is 0.847. The zero-order chi connectivity index (χ0) is 11.2. The molecule has 1 saturated carbocycles. The summed E-state index contributed by atoms with van der Waals surface area (Å²) in [6, 6.07) is 0.740. The molecule has 0 amide bonds. The van der Waals surface area contributed by atoms with E-state index >= 15 is 0 Å². The lowest BCUT2D eigenvalue weighted by molar-refractivity contribution is 0.278. The highest BCUT2D eigenvalue weighted by atomic mass is 15.4. The first-order chi connectivity index (χ1) is 7.86. The maximum Gasteiger partial charge on any atom is 0.0692 e. The van der Waals surface area contributed by atoms with Gasteiger partial charge < -0.3 is 5.32 Å². The minimum absolute atomic E-state index is 0.740. The normalized spacial score (nSPS) is 25.8. The topological polar surface area (TPSA) is 42.7 Å². The fourth-order valence-corrected chi connectivity index (χ4v) is 2.50. The smallest absolute Gasteiger partial charge is 0.0692 e. The van der Waals surface area contributed by atoms with E-state index in [1.807, 2.05) is 10.9 Å². The summed E-state index contributed by atoms with van der Waals surface area (Å²) in [6.45, 7) is 4.43. The Balaban J connectivity index is 1.60. The average molecular weight is 222 g/mol. The first kappa shape index (κ1) is 11.6. The minimum Gasteiger partial charge on any atom is -0.314 e. The Hall–Kier alpha value is -0.900. The third kappa shape index (κ3) is 3.30. The van der Waals surface area contributed by atoms with Gasteiger partial charge in [0, 0.05) is 18.8 Å². The molecule has 90 valence electrons. The Bertz CT molecular complexity index is 283. The van der Waals surface area contributed by atoms with E-state index < -0.39 is 0 Å². The Labute approximate surface area is 97.4 Å². The molecule has 1 N–H and O–H groups in total. The van der Waals surface area contributed by atoms with E-state index in [1.54, 1.807) is 6.20 Å². The van der Waals surface area contributed by atoms with Crippen LogP contribution in [-0.4, -0.2) is 27.6 Å². The van der Waals surface area contributed by atoms with Crippen LogP contribution in [0, 0.1) is 5.92 Å². The van der Waals surface area contributed by atoms with Gasteiger partial charge in [0.15, 0.2) is 0 Å². The van der Waals surface area contributed by atoms with E-state index in [1.165, 1.54) is 25.7 Å². The van der Waals surface area contributed by atoms with E-state index in [0.29, 0.717) is 0 Å². The fourth-order valence-electron chi connectivity index (χ4n) is 2.50. The van der Waals surface area contributed by atoms with E-state index in [-0.39, 0.29) is 0 Å². The fraction of sp³-hybridized carbons (Fsp3) is 0.833. The molecule has 0 bridgehead atoms. The first-order valence-electron chi connectivity index (χ1n) is 6.44. The number of hydrogen-bond donors (Lipinski definition) is 1. The molecule has 4 nitrogen and oxygen atoms in total. The van der Waals surface area contributed by atoms with Crippen molar-refractivity contribution in [1.29, 1.82) is 0 Å². The van der Waals surface area contributed by atoms with Gasteiger partial charge in [-0.2, -0.15) is 0 Å². The van der Waals surface area contributed by atoms with Crippen molar-refractivity contribution in [3.8, 4) is 0 Å². The summed E-state index contributed by atoms with van der Waals surface area (Å²) in [5, 5.41) is 11.4. The zero-order valence-corrected chi connectivity index (χ0v) is 10.1. The standard InChI is InChI=1S/C12H22N4/c1-11-5-2-3-6-12(11)13-7-4-9-16-10-8-14-15-16/h8,10-13H,2-7,9H2,1H3. The van der Waals surface area contributed by atoms with Gasteiger partial charge in [0.25, 0.3) is 0 Å². The van der Waals surface area contributed by atoms with Crippen LogP contribution >= 0.6 is 0 Å². The van der Waals surface area contributed by atoms with E-state index in [0.717, 1.165) is 31.5 Å². The molecule has 1 fully saturated rings. The van der Waals surface area contributed by atoms with Gasteiger partial charge in [0.05, 0.1) is 6.20 Å². The second-order valence-electron chi connectivity index (χ2n) is 4.84. The summed E-state index contributed by atoms with van der Waals surface area (Å²) in [7, 11) is 0. The Morgan fingerprint density at radius 3 is 3.00 bits per heavy atom. The van der Waals surface area contributed by atoms with Gasteiger partial charge in [0.2, 0.25) is 0 Å². The lowest BCUT2D eigenvalue weighted by Gasteiger charge is -2.29. The van der Waals surface area contributed by atoms with Gasteiger partial charge in [-0.05, 0) is 31.7 Å². The molecular weight excluding hydrogens is 200 g/mol. The molecule has 0 aromatic carbocycles. The minimum atomic E-state index is 0.740. The molecule has 2 unspecified atom stereocenters. The molecule has 1 aliphatic rings. The third-order valence-electron chi connectivity index (χ3n) is 3.55. The van der Waals surface area contributed by atoms with Crippen molar-refractivity contribution in [2.75, 3.05) is 6.54 Å². The van der Waals surface area contributed by atoms with Crippen LogP contribution in [0.3, 0.4) is 0 Å². The van der Waals surface area contributed by atoms with E-state index in [4.69, 9.17) is 0 Å². The highest BCUT2D eigenvalue weighted by Gasteiger charge is 2.19. The van der Waals surface area contributed by atoms with Crippen molar-refractivity contribution in [3.05, 3.63) is 12.4 Å². The third-order valence-corrected chi connectivity index (χ3v) is 3.55. The predicted octanol–water partition coefficient (Wildman–Crippen LogP) is 1.84. The van der Waals surface area contributed by atoms with Gasteiger partial charge >= 0.3 is 0 Å². The molecule has 1 aliphatic carbocycles. The molecule has 1 aromatic heterocycles. The first-order valence-corrected chi connectivity index (χ1v) is 6.44. The SMILES string of the molecule is CC1CCCCC1NCCCn1ccnn1. The summed E-state index contributed by atoms with van der Waals surface area (Å²) >= 11 is 0. The molecule has 0 saturated heterocycles. The van der Waals surface area contributed by atoms with E-state index in [9.17, 15) is 0 Å². The van der Waals surface area contributed by atoms with Gasteiger partial charge in [-0.3, -0.25) is 4.68 Å². The largest absolute Gasteiger partial charge is 0.314 e. The molecule has 16 heavy (non-hydrogen) atoms. The average Bonchev–Trinajstić information content (AvgIpc) is 2.79. The molecular formula is C12H22N4. The second kappa shape index (κ2) is 5.99. The molecule has 2 atom stereocenters. The van der Waals surface area contributed by atoms with Crippen LogP contribution in [-0.2, 0) is 6.54 Å². The number of nitrogens with zero attached hydrogens (tertiary/aromatic N) is 3. The molecule has 1 heterocycles. The Kier molecular flexibility index (Phi) is 4.34. The summed E-state index contributed by atoms with van der Waals surface area (Å²) in [4.78, 5) is 0. The number of hydrogen-bond acceptors (Lipinski definition) is 3. The second-order valence-corrected chi connectivity index (χ2v) is 4.84. The van der Waals surface area contributed by atoms with Crippen LogP contribution < -0.4 is 5.32 Å². The molecule has 0 aliphatic heterocycles. The Morgan fingerprint density at radius 2 is 2.25 bits per heavy atom. The molecule has 0 spiro atoms. The van der Waals surface area contributed by atoms with Crippen LogP contribution in [0.2, 0.25) is 0 Å². The Morgan fingerprint density at radius 1 is 1.38 bits per heavy atom. The zero-order valence-electron chi connectivity index (χ0n) is 10.1. The number of rotatable bonds is 5. The lowest BCUT2D eigenvalue weighted by atomic mass is 9.86. The van der Waals surface area contributed by atoms with Crippen LogP contribution in [0.25, 0.3) is 0 Å². The van der Waals surface area contributed by atoms with Crippen molar-refractivity contribution in [2.24, 2.45) is 5.92 Å². The van der Waals surface area contributed by atoms with Gasteiger partial charge in [-0.25, -0.2) is 0 Å². The van der Waals surface area contributed by atoms with Crippen molar-refractivity contribution < 1.29 is 0 Å². The van der Waals surface area contributed by atoms with Crippen molar-refractivity contribution >= 4 is 0 Å².